The standard InChI is InChI=1S/C15H20ClNO2S/c1-10(20-13-5-3-4-11(16)8-13)9-15(2,14(18)19)17-12-6-7-12/h3-5,8,10,12,17H,6-7,9H2,1-2H3,(H,18,19). The predicted octanol–water partition coefficient (Wildman–Crippen LogP) is 3.81. The highest BCUT2D eigenvalue weighted by Crippen LogP contribution is 2.32. The number of hydrogen-bond acceptors (Lipinski definition) is 3. The average molecular weight is 314 g/mol. The predicted molar refractivity (Wildman–Crippen MR) is 83.6 cm³/mol. The second-order valence-corrected chi connectivity index (χ2v) is 7.59. The van der Waals surface area contributed by atoms with E-state index < -0.39 is 11.5 Å². The molecule has 1 saturated carbocycles. The summed E-state index contributed by atoms with van der Waals surface area (Å²) in [5.41, 5.74) is -0.855. The Morgan fingerprint density at radius 3 is 2.85 bits per heavy atom. The first kappa shape index (κ1) is 15.7. The Balaban J connectivity index is 1.97. The zero-order chi connectivity index (χ0) is 14.8. The van der Waals surface area contributed by atoms with E-state index in [4.69, 9.17) is 11.6 Å². The van der Waals surface area contributed by atoms with Crippen molar-refractivity contribution in [1.82, 2.24) is 5.32 Å². The van der Waals surface area contributed by atoms with E-state index in [-0.39, 0.29) is 5.25 Å². The molecule has 0 aromatic heterocycles. The zero-order valence-electron chi connectivity index (χ0n) is 11.7. The van der Waals surface area contributed by atoms with Gasteiger partial charge in [-0.1, -0.05) is 24.6 Å². The van der Waals surface area contributed by atoms with Crippen LogP contribution in [-0.2, 0) is 4.79 Å². The van der Waals surface area contributed by atoms with Gasteiger partial charge in [0.05, 0.1) is 0 Å². The molecule has 0 spiro atoms. The Morgan fingerprint density at radius 1 is 1.60 bits per heavy atom. The topological polar surface area (TPSA) is 49.3 Å². The van der Waals surface area contributed by atoms with Gasteiger partial charge in [0.1, 0.15) is 5.54 Å². The van der Waals surface area contributed by atoms with Crippen LogP contribution in [0.4, 0.5) is 0 Å². The molecular formula is C15H20ClNO2S. The smallest absolute Gasteiger partial charge is 0.323 e. The Morgan fingerprint density at radius 2 is 2.30 bits per heavy atom. The van der Waals surface area contributed by atoms with E-state index in [2.05, 4.69) is 12.2 Å². The van der Waals surface area contributed by atoms with Crippen LogP contribution in [0.15, 0.2) is 29.2 Å². The fourth-order valence-electron chi connectivity index (χ4n) is 2.28. The van der Waals surface area contributed by atoms with E-state index in [1.165, 1.54) is 0 Å². The molecule has 1 aliphatic carbocycles. The van der Waals surface area contributed by atoms with Crippen LogP contribution in [0.25, 0.3) is 0 Å². The molecule has 0 radical (unpaired) electrons. The summed E-state index contributed by atoms with van der Waals surface area (Å²) in [6.07, 6.45) is 2.74. The first-order valence-electron chi connectivity index (χ1n) is 6.82. The molecule has 2 atom stereocenters. The summed E-state index contributed by atoms with van der Waals surface area (Å²) in [4.78, 5) is 12.6. The molecule has 1 aromatic carbocycles. The third-order valence-electron chi connectivity index (χ3n) is 3.40. The lowest BCUT2D eigenvalue weighted by molar-refractivity contribution is -0.144. The minimum absolute atomic E-state index is 0.195. The molecule has 3 nitrogen and oxygen atoms in total. The molecule has 1 aliphatic rings. The molecule has 0 bridgehead atoms. The highest BCUT2D eigenvalue weighted by atomic mass is 35.5. The maximum absolute atomic E-state index is 11.5. The number of aliphatic carboxylic acids is 1. The van der Waals surface area contributed by atoms with Crippen molar-refractivity contribution in [3.63, 3.8) is 0 Å². The molecule has 110 valence electrons. The van der Waals surface area contributed by atoms with E-state index >= 15 is 0 Å². The van der Waals surface area contributed by atoms with Gasteiger partial charge in [-0.15, -0.1) is 11.8 Å². The Hall–Kier alpha value is -0.710. The van der Waals surface area contributed by atoms with Crippen LogP contribution in [0, 0.1) is 0 Å². The molecule has 0 saturated heterocycles. The molecule has 5 heteroatoms. The van der Waals surface area contributed by atoms with Crippen molar-refractivity contribution in [3.05, 3.63) is 29.3 Å². The lowest BCUT2D eigenvalue weighted by Gasteiger charge is -2.29. The maximum atomic E-state index is 11.5. The van der Waals surface area contributed by atoms with Gasteiger partial charge in [0.25, 0.3) is 0 Å². The zero-order valence-corrected chi connectivity index (χ0v) is 13.3. The van der Waals surface area contributed by atoms with Crippen LogP contribution in [-0.4, -0.2) is 27.9 Å². The monoisotopic (exact) mass is 313 g/mol. The molecular weight excluding hydrogens is 294 g/mol. The molecule has 20 heavy (non-hydrogen) atoms. The van der Waals surface area contributed by atoms with E-state index in [0.29, 0.717) is 17.5 Å². The van der Waals surface area contributed by atoms with Crippen LogP contribution in [0.5, 0.6) is 0 Å². The van der Waals surface area contributed by atoms with Gasteiger partial charge >= 0.3 is 5.97 Å². The molecule has 2 unspecified atom stereocenters. The van der Waals surface area contributed by atoms with Crippen molar-refractivity contribution in [2.24, 2.45) is 0 Å². The van der Waals surface area contributed by atoms with Gasteiger partial charge < -0.3 is 5.11 Å². The van der Waals surface area contributed by atoms with Crippen molar-refractivity contribution in [2.75, 3.05) is 0 Å². The Labute approximate surface area is 129 Å². The molecule has 1 aromatic rings. The molecule has 0 amide bonds. The number of carboxylic acids is 1. The summed E-state index contributed by atoms with van der Waals surface area (Å²) in [7, 11) is 0. The summed E-state index contributed by atoms with van der Waals surface area (Å²) in [6, 6.07) is 8.04. The van der Waals surface area contributed by atoms with Crippen molar-refractivity contribution in [1.29, 1.82) is 0 Å². The van der Waals surface area contributed by atoms with Gasteiger partial charge in [-0.2, -0.15) is 0 Å². The second-order valence-electron chi connectivity index (χ2n) is 5.65. The van der Waals surface area contributed by atoms with Crippen molar-refractivity contribution >= 4 is 29.3 Å². The van der Waals surface area contributed by atoms with Crippen LogP contribution >= 0.6 is 23.4 Å². The summed E-state index contributed by atoms with van der Waals surface area (Å²) in [5, 5.41) is 13.6. The normalized spacial score (nSPS) is 19.4. The van der Waals surface area contributed by atoms with Crippen molar-refractivity contribution in [3.8, 4) is 0 Å². The SMILES string of the molecule is CC(CC(C)(NC1CC1)C(=O)O)Sc1cccc(Cl)c1. The van der Waals surface area contributed by atoms with Crippen LogP contribution < -0.4 is 5.32 Å². The first-order valence-corrected chi connectivity index (χ1v) is 8.08. The van der Waals surface area contributed by atoms with Gasteiger partial charge in [0.15, 0.2) is 0 Å². The summed E-state index contributed by atoms with van der Waals surface area (Å²) in [5.74, 6) is -0.775. The van der Waals surface area contributed by atoms with E-state index in [1.54, 1.807) is 18.7 Å². The molecule has 0 heterocycles. The number of halogens is 1. The van der Waals surface area contributed by atoms with E-state index in [1.807, 2.05) is 24.3 Å². The lowest BCUT2D eigenvalue weighted by Crippen LogP contribution is -2.51. The first-order chi connectivity index (χ1) is 9.39. The highest BCUT2D eigenvalue weighted by Gasteiger charge is 2.39. The number of carboxylic acid groups (broad SMARTS) is 1. The van der Waals surface area contributed by atoms with Crippen LogP contribution in [0.2, 0.25) is 5.02 Å². The Kier molecular flexibility index (Phi) is 4.99. The van der Waals surface area contributed by atoms with Gasteiger partial charge in [-0.05, 0) is 44.4 Å². The minimum atomic E-state index is -0.855. The number of rotatable bonds is 7. The average Bonchev–Trinajstić information content (AvgIpc) is 3.12. The van der Waals surface area contributed by atoms with Gasteiger partial charge in [0.2, 0.25) is 0 Å². The number of thioether (sulfide) groups is 1. The third kappa shape index (κ3) is 4.40. The number of nitrogens with one attached hydrogen (secondary N) is 1. The quantitative estimate of drug-likeness (QED) is 0.752. The summed E-state index contributed by atoms with van der Waals surface area (Å²) in [6.45, 7) is 3.84. The van der Waals surface area contributed by atoms with E-state index in [9.17, 15) is 9.90 Å². The molecule has 2 N–H and O–H groups in total. The van der Waals surface area contributed by atoms with Crippen molar-refractivity contribution < 1.29 is 9.90 Å². The number of benzene rings is 1. The molecule has 2 rings (SSSR count). The van der Waals surface area contributed by atoms with Gasteiger partial charge in [0, 0.05) is 21.2 Å². The maximum Gasteiger partial charge on any atom is 0.323 e. The minimum Gasteiger partial charge on any atom is -0.480 e. The molecule has 1 fully saturated rings. The van der Waals surface area contributed by atoms with Crippen LogP contribution in [0.3, 0.4) is 0 Å². The lowest BCUT2D eigenvalue weighted by atomic mass is 9.96. The fourth-order valence-corrected chi connectivity index (χ4v) is 3.76. The fraction of sp³-hybridized carbons (Fsp3) is 0.533. The van der Waals surface area contributed by atoms with E-state index in [0.717, 1.165) is 17.7 Å². The largest absolute Gasteiger partial charge is 0.480 e. The third-order valence-corrected chi connectivity index (χ3v) is 4.73. The number of carbonyl (C=O) groups is 1. The van der Waals surface area contributed by atoms with Crippen LogP contribution in [0.1, 0.15) is 33.1 Å². The van der Waals surface area contributed by atoms with Gasteiger partial charge in [-0.3, -0.25) is 10.1 Å². The molecule has 0 aliphatic heterocycles. The van der Waals surface area contributed by atoms with Crippen molar-refractivity contribution in [2.45, 2.75) is 54.8 Å². The summed E-state index contributed by atoms with van der Waals surface area (Å²) >= 11 is 7.63. The number of hydrogen-bond donors (Lipinski definition) is 2. The Bertz CT molecular complexity index is 493. The summed E-state index contributed by atoms with van der Waals surface area (Å²) < 4.78 is 0. The van der Waals surface area contributed by atoms with Gasteiger partial charge in [-0.25, -0.2) is 0 Å². The second kappa shape index (κ2) is 6.37. The highest BCUT2D eigenvalue weighted by molar-refractivity contribution is 8.00.